The number of rotatable bonds is 5. The molecular weight excluding hydrogens is 302 g/mol. The number of methoxy groups -OCH3 is 2. The summed E-state index contributed by atoms with van der Waals surface area (Å²) in [5, 5.41) is 0. The van der Waals surface area contributed by atoms with Gasteiger partial charge in [-0.1, -0.05) is 20.3 Å². The molecule has 0 saturated carbocycles. The maximum Gasteiger partial charge on any atom is 0.161 e. The fourth-order valence-electron chi connectivity index (χ4n) is 4.07. The van der Waals surface area contributed by atoms with Crippen LogP contribution in [0.25, 0.3) is 0 Å². The van der Waals surface area contributed by atoms with Crippen molar-refractivity contribution in [3.05, 3.63) is 23.3 Å². The fraction of sp³-hybridized carbons (Fsp3) is 0.650. The molecule has 0 aliphatic carbocycles. The van der Waals surface area contributed by atoms with Gasteiger partial charge in [0, 0.05) is 31.5 Å². The van der Waals surface area contributed by atoms with Gasteiger partial charge in [0.1, 0.15) is 5.78 Å². The summed E-state index contributed by atoms with van der Waals surface area (Å²) < 4.78 is 10.9. The van der Waals surface area contributed by atoms with Crippen molar-refractivity contribution in [2.45, 2.75) is 45.6 Å². The van der Waals surface area contributed by atoms with Crippen LogP contribution in [0.5, 0.6) is 11.5 Å². The third-order valence-electron chi connectivity index (χ3n) is 5.51. The molecule has 0 spiro atoms. The number of carbonyl (C=O) groups excluding carboxylic acids is 1. The van der Waals surface area contributed by atoms with E-state index in [2.05, 4.69) is 30.9 Å². The number of hydrogen-bond acceptors (Lipinski definition) is 4. The normalized spacial score (nSPS) is 23.8. The minimum absolute atomic E-state index is 0.205. The molecule has 132 valence electrons. The maximum atomic E-state index is 12.7. The molecule has 2 atom stereocenters. The summed E-state index contributed by atoms with van der Waals surface area (Å²) in [5.74, 6) is 2.84. The third-order valence-corrected chi connectivity index (χ3v) is 5.51. The standard InChI is InChI=1S/C20H29NO3/c1-13(2)5-6-15-12-21-8-7-14-9-19(23-3)20(24-4)10-16(14)17(21)11-18(15)22/h9-10,13,15,17H,5-8,11-12H2,1-4H3. The largest absolute Gasteiger partial charge is 0.493 e. The molecule has 1 aromatic rings. The van der Waals surface area contributed by atoms with Crippen molar-refractivity contribution in [1.29, 1.82) is 0 Å². The topological polar surface area (TPSA) is 38.8 Å². The smallest absolute Gasteiger partial charge is 0.161 e. The van der Waals surface area contributed by atoms with Gasteiger partial charge >= 0.3 is 0 Å². The summed E-state index contributed by atoms with van der Waals surface area (Å²) in [4.78, 5) is 15.2. The molecule has 4 nitrogen and oxygen atoms in total. The number of fused-ring (bicyclic) bond motifs is 3. The summed E-state index contributed by atoms with van der Waals surface area (Å²) in [6, 6.07) is 4.37. The minimum Gasteiger partial charge on any atom is -0.493 e. The van der Waals surface area contributed by atoms with Gasteiger partial charge in [0.25, 0.3) is 0 Å². The number of nitrogens with zero attached hydrogens (tertiary/aromatic N) is 1. The van der Waals surface area contributed by atoms with E-state index in [1.54, 1.807) is 14.2 Å². The highest BCUT2D eigenvalue weighted by atomic mass is 16.5. The molecule has 1 saturated heterocycles. The lowest BCUT2D eigenvalue weighted by molar-refractivity contribution is -0.129. The van der Waals surface area contributed by atoms with Crippen LogP contribution in [0.4, 0.5) is 0 Å². The van der Waals surface area contributed by atoms with Crippen LogP contribution in [0, 0.1) is 11.8 Å². The highest BCUT2D eigenvalue weighted by Crippen LogP contribution is 2.42. The van der Waals surface area contributed by atoms with Crippen LogP contribution in [-0.4, -0.2) is 38.0 Å². The average molecular weight is 331 g/mol. The Hall–Kier alpha value is -1.55. The molecule has 24 heavy (non-hydrogen) atoms. The molecule has 2 heterocycles. The van der Waals surface area contributed by atoms with Gasteiger partial charge in [0.15, 0.2) is 11.5 Å². The molecule has 2 aliphatic rings. The minimum atomic E-state index is 0.205. The van der Waals surface area contributed by atoms with Crippen molar-refractivity contribution in [2.75, 3.05) is 27.3 Å². The quantitative estimate of drug-likeness (QED) is 0.826. The first-order valence-corrected chi connectivity index (χ1v) is 9.05. The van der Waals surface area contributed by atoms with Crippen LogP contribution in [0.3, 0.4) is 0 Å². The van der Waals surface area contributed by atoms with E-state index in [1.165, 1.54) is 11.1 Å². The van der Waals surface area contributed by atoms with Crippen LogP contribution in [0.15, 0.2) is 12.1 Å². The Balaban J connectivity index is 1.82. The molecule has 1 aromatic carbocycles. The number of hydrogen-bond donors (Lipinski definition) is 0. The number of piperidine rings is 1. The second-order valence-corrected chi connectivity index (χ2v) is 7.51. The Morgan fingerprint density at radius 1 is 1.21 bits per heavy atom. The van der Waals surface area contributed by atoms with Gasteiger partial charge < -0.3 is 9.47 Å². The Labute approximate surface area is 145 Å². The summed E-state index contributed by atoms with van der Waals surface area (Å²) in [7, 11) is 3.33. The molecular formula is C20H29NO3. The highest BCUT2D eigenvalue weighted by Gasteiger charge is 2.38. The molecule has 0 aromatic heterocycles. The van der Waals surface area contributed by atoms with Gasteiger partial charge in [-0.05, 0) is 42.0 Å². The van der Waals surface area contributed by atoms with Crippen LogP contribution < -0.4 is 9.47 Å². The van der Waals surface area contributed by atoms with Crippen LogP contribution >= 0.6 is 0 Å². The zero-order valence-corrected chi connectivity index (χ0v) is 15.3. The monoisotopic (exact) mass is 331 g/mol. The van der Waals surface area contributed by atoms with Gasteiger partial charge in [-0.25, -0.2) is 0 Å². The number of benzene rings is 1. The van der Waals surface area contributed by atoms with E-state index in [9.17, 15) is 4.79 Å². The summed E-state index contributed by atoms with van der Waals surface area (Å²) in [6.45, 7) is 6.39. The lowest BCUT2D eigenvalue weighted by Crippen LogP contribution is -2.46. The van der Waals surface area contributed by atoms with Crippen LogP contribution in [0.2, 0.25) is 0 Å². The van der Waals surface area contributed by atoms with E-state index >= 15 is 0 Å². The maximum absolute atomic E-state index is 12.7. The first kappa shape index (κ1) is 17.3. The Bertz CT molecular complexity index is 611. The second kappa shape index (κ2) is 7.14. The Morgan fingerprint density at radius 2 is 1.92 bits per heavy atom. The summed E-state index contributed by atoms with van der Waals surface area (Å²) in [6.07, 6.45) is 3.80. The number of carbonyl (C=O) groups is 1. The van der Waals surface area contributed by atoms with Crippen molar-refractivity contribution in [3.63, 3.8) is 0 Å². The van der Waals surface area contributed by atoms with Gasteiger partial charge in [-0.15, -0.1) is 0 Å². The summed E-state index contributed by atoms with van der Waals surface area (Å²) in [5.41, 5.74) is 2.54. The second-order valence-electron chi connectivity index (χ2n) is 7.51. The van der Waals surface area contributed by atoms with Gasteiger partial charge in [0.2, 0.25) is 0 Å². The van der Waals surface area contributed by atoms with Crippen molar-refractivity contribution in [2.24, 2.45) is 11.8 Å². The third kappa shape index (κ3) is 3.30. The molecule has 0 N–H and O–H groups in total. The van der Waals surface area contributed by atoms with Crippen molar-refractivity contribution in [3.8, 4) is 11.5 Å². The molecule has 0 amide bonds. The van der Waals surface area contributed by atoms with Crippen molar-refractivity contribution >= 4 is 5.78 Å². The van der Waals surface area contributed by atoms with E-state index in [-0.39, 0.29) is 12.0 Å². The molecule has 0 bridgehead atoms. The van der Waals surface area contributed by atoms with E-state index in [1.807, 2.05) is 0 Å². The van der Waals surface area contributed by atoms with Crippen LogP contribution in [0.1, 0.15) is 50.3 Å². The van der Waals surface area contributed by atoms with Gasteiger partial charge in [-0.2, -0.15) is 0 Å². The Morgan fingerprint density at radius 3 is 2.58 bits per heavy atom. The highest BCUT2D eigenvalue weighted by molar-refractivity contribution is 5.83. The zero-order valence-electron chi connectivity index (χ0n) is 15.3. The lowest BCUT2D eigenvalue weighted by atomic mass is 9.80. The van der Waals surface area contributed by atoms with E-state index < -0.39 is 0 Å². The Kier molecular flexibility index (Phi) is 5.14. The van der Waals surface area contributed by atoms with E-state index in [0.29, 0.717) is 18.1 Å². The molecule has 3 rings (SSSR count). The lowest BCUT2D eigenvalue weighted by Gasteiger charge is -2.43. The SMILES string of the molecule is COc1cc2c(cc1OC)C1CC(=O)C(CCC(C)C)CN1CC2. The molecule has 2 unspecified atom stereocenters. The number of Topliss-reactive ketones (excluding diaryl/α,β-unsaturated/α-hetero) is 1. The summed E-state index contributed by atoms with van der Waals surface area (Å²) >= 11 is 0. The van der Waals surface area contributed by atoms with Gasteiger partial charge in [-0.3, -0.25) is 9.69 Å². The zero-order chi connectivity index (χ0) is 17.3. The predicted molar refractivity (Wildman–Crippen MR) is 94.8 cm³/mol. The van der Waals surface area contributed by atoms with E-state index in [0.717, 1.165) is 43.9 Å². The molecule has 1 fully saturated rings. The fourth-order valence-corrected chi connectivity index (χ4v) is 4.07. The van der Waals surface area contributed by atoms with Gasteiger partial charge in [0.05, 0.1) is 14.2 Å². The molecule has 2 aliphatic heterocycles. The predicted octanol–water partition coefficient (Wildman–Crippen LogP) is 3.63. The first-order valence-electron chi connectivity index (χ1n) is 9.05. The molecule has 0 radical (unpaired) electrons. The number of ketones is 1. The average Bonchev–Trinajstić information content (AvgIpc) is 2.58. The molecule has 4 heteroatoms. The van der Waals surface area contributed by atoms with Crippen molar-refractivity contribution < 1.29 is 14.3 Å². The van der Waals surface area contributed by atoms with Crippen LogP contribution in [-0.2, 0) is 11.2 Å². The first-order chi connectivity index (χ1) is 11.5. The van der Waals surface area contributed by atoms with Crippen molar-refractivity contribution in [1.82, 2.24) is 4.90 Å². The number of ether oxygens (including phenoxy) is 2. The van der Waals surface area contributed by atoms with E-state index in [4.69, 9.17) is 9.47 Å².